The number of amides is 1. The maximum absolute atomic E-state index is 12.4. The monoisotopic (exact) mass is 485 g/mol. The van der Waals surface area contributed by atoms with Crippen LogP contribution in [0.3, 0.4) is 0 Å². The van der Waals surface area contributed by atoms with Crippen LogP contribution >= 0.6 is 0 Å². The van der Waals surface area contributed by atoms with Crippen molar-refractivity contribution >= 4 is 28.9 Å². The van der Waals surface area contributed by atoms with E-state index in [0.29, 0.717) is 5.95 Å². The van der Waals surface area contributed by atoms with Crippen LogP contribution in [-0.4, -0.2) is 66.1 Å². The number of rotatable bonds is 7. The third kappa shape index (κ3) is 5.66. The number of anilines is 4. The Morgan fingerprint density at radius 1 is 1.03 bits per heavy atom. The SMILES string of the molecule is CCN1CCN(c2ccc(Nc3ncc(C)c(-c4ccc(NC(=O)[C@H]5CCCN5)cc4)n3)cc2)CC1. The summed E-state index contributed by atoms with van der Waals surface area (Å²) in [5, 5.41) is 9.58. The molecular weight excluding hydrogens is 450 g/mol. The molecule has 0 aliphatic carbocycles. The predicted molar refractivity (Wildman–Crippen MR) is 146 cm³/mol. The zero-order chi connectivity index (χ0) is 24.9. The van der Waals surface area contributed by atoms with E-state index >= 15 is 0 Å². The Bertz CT molecular complexity index is 1170. The number of hydrogen-bond acceptors (Lipinski definition) is 7. The Kier molecular flexibility index (Phi) is 7.44. The van der Waals surface area contributed by atoms with Gasteiger partial charge in [0, 0.05) is 55.0 Å². The Hall–Kier alpha value is -3.49. The summed E-state index contributed by atoms with van der Waals surface area (Å²) in [7, 11) is 0. The summed E-state index contributed by atoms with van der Waals surface area (Å²) >= 11 is 0. The van der Waals surface area contributed by atoms with Gasteiger partial charge in [0.25, 0.3) is 0 Å². The molecule has 3 N–H and O–H groups in total. The number of benzene rings is 2. The quantitative estimate of drug-likeness (QED) is 0.466. The van der Waals surface area contributed by atoms with E-state index < -0.39 is 0 Å². The lowest BCUT2D eigenvalue weighted by molar-refractivity contribution is -0.117. The number of aromatic nitrogens is 2. The van der Waals surface area contributed by atoms with E-state index in [4.69, 9.17) is 4.98 Å². The highest BCUT2D eigenvalue weighted by atomic mass is 16.2. The lowest BCUT2D eigenvalue weighted by atomic mass is 10.1. The topological polar surface area (TPSA) is 85.4 Å². The molecular formula is C28H35N7O. The first-order chi connectivity index (χ1) is 17.6. The summed E-state index contributed by atoms with van der Waals surface area (Å²) in [4.78, 5) is 26.6. The van der Waals surface area contributed by atoms with Crippen LogP contribution in [0.1, 0.15) is 25.3 Å². The number of hydrogen-bond donors (Lipinski definition) is 3. The van der Waals surface area contributed by atoms with Crippen molar-refractivity contribution in [3.05, 3.63) is 60.3 Å². The maximum atomic E-state index is 12.4. The molecule has 2 aromatic carbocycles. The molecule has 2 aliphatic heterocycles. The Balaban J connectivity index is 1.23. The third-order valence-electron chi connectivity index (χ3n) is 7.08. The molecule has 1 atom stereocenters. The van der Waals surface area contributed by atoms with Crippen molar-refractivity contribution < 1.29 is 4.79 Å². The molecule has 0 spiro atoms. The number of piperazine rings is 1. The van der Waals surface area contributed by atoms with Crippen LogP contribution in [0.15, 0.2) is 54.7 Å². The zero-order valence-corrected chi connectivity index (χ0v) is 21.1. The Labute approximate surface area is 213 Å². The van der Waals surface area contributed by atoms with Crippen molar-refractivity contribution in [1.82, 2.24) is 20.2 Å². The van der Waals surface area contributed by atoms with E-state index in [9.17, 15) is 4.79 Å². The van der Waals surface area contributed by atoms with E-state index in [0.717, 1.165) is 80.3 Å². The first-order valence-electron chi connectivity index (χ1n) is 12.9. The molecule has 2 aliphatic rings. The van der Waals surface area contributed by atoms with Gasteiger partial charge in [-0.1, -0.05) is 19.1 Å². The third-order valence-corrected chi connectivity index (χ3v) is 7.08. The first-order valence-corrected chi connectivity index (χ1v) is 12.9. The smallest absolute Gasteiger partial charge is 0.241 e. The van der Waals surface area contributed by atoms with Crippen LogP contribution < -0.4 is 20.9 Å². The maximum Gasteiger partial charge on any atom is 0.241 e. The largest absolute Gasteiger partial charge is 0.369 e. The van der Waals surface area contributed by atoms with Gasteiger partial charge in [0.05, 0.1) is 11.7 Å². The Morgan fingerprint density at radius 3 is 2.42 bits per heavy atom. The second-order valence-electron chi connectivity index (χ2n) is 9.53. The Morgan fingerprint density at radius 2 is 1.75 bits per heavy atom. The summed E-state index contributed by atoms with van der Waals surface area (Å²) in [5.74, 6) is 0.587. The number of nitrogens with one attached hydrogen (secondary N) is 3. The van der Waals surface area contributed by atoms with Crippen molar-refractivity contribution in [3.63, 3.8) is 0 Å². The lowest BCUT2D eigenvalue weighted by Crippen LogP contribution is -2.46. The van der Waals surface area contributed by atoms with Gasteiger partial charge in [-0.2, -0.15) is 0 Å². The predicted octanol–water partition coefficient (Wildman–Crippen LogP) is 4.03. The van der Waals surface area contributed by atoms with Gasteiger partial charge < -0.3 is 25.8 Å². The summed E-state index contributed by atoms with van der Waals surface area (Å²) in [6.07, 6.45) is 3.77. The number of likely N-dealkylation sites (N-methyl/N-ethyl adjacent to an activating group) is 1. The molecule has 188 valence electrons. The fraction of sp³-hybridized carbons (Fsp3) is 0.393. The van der Waals surface area contributed by atoms with E-state index in [1.54, 1.807) is 0 Å². The first kappa shape index (κ1) is 24.2. The van der Waals surface area contributed by atoms with Crippen LogP contribution in [0.2, 0.25) is 0 Å². The van der Waals surface area contributed by atoms with Crippen LogP contribution in [0.5, 0.6) is 0 Å². The van der Waals surface area contributed by atoms with Gasteiger partial charge in [0.1, 0.15) is 0 Å². The molecule has 36 heavy (non-hydrogen) atoms. The standard InChI is InChI=1S/C28H35N7O/c1-3-34-15-17-35(18-16-34)24-12-10-23(11-13-24)32-28-30-19-20(2)26(33-28)21-6-8-22(9-7-21)31-27(36)25-5-4-14-29-25/h6-13,19,25,29H,3-5,14-18H2,1-2H3,(H,31,36)(H,30,32,33)/t25-/m1/s1. The van der Waals surface area contributed by atoms with Crippen molar-refractivity contribution in [3.8, 4) is 11.3 Å². The second kappa shape index (κ2) is 11.1. The van der Waals surface area contributed by atoms with Gasteiger partial charge in [0.15, 0.2) is 0 Å². The molecule has 8 heteroatoms. The van der Waals surface area contributed by atoms with Crippen molar-refractivity contribution in [2.24, 2.45) is 0 Å². The molecule has 3 aromatic rings. The number of carbonyl (C=O) groups excluding carboxylic acids is 1. The molecule has 2 saturated heterocycles. The molecule has 1 aromatic heterocycles. The fourth-order valence-corrected chi connectivity index (χ4v) is 4.85. The zero-order valence-electron chi connectivity index (χ0n) is 21.1. The van der Waals surface area contributed by atoms with Crippen LogP contribution in [0.4, 0.5) is 23.0 Å². The highest BCUT2D eigenvalue weighted by Crippen LogP contribution is 2.26. The van der Waals surface area contributed by atoms with Gasteiger partial charge in [0.2, 0.25) is 11.9 Å². The van der Waals surface area contributed by atoms with E-state index in [-0.39, 0.29) is 11.9 Å². The van der Waals surface area contributed by atoms with Crippen molar-refractivity contribution in [1.29, 1.82) is 0 Å². The molecule has 5 rings (SSSR count). The minimum atomic E-state index is -0.0947. The van der Waals surface area contributed by atoms with Gasteiger partial charge in [-0.3, -0.25) is 4.79 Å². The van der Waals surface area contributed by atoms with E-state index in [2.05, 4.69) is 61.9 Å². The van der Waals surface area contributed by atoms with Crippen molar-refractivity contribution in [2.45, 2.75) is 32.7 Å². The van der Waals surface area contributed by atoms with Crippen molar-refractivity contribution in [2.75, 3.05) is 54.8 Å². The minimum absolute atomic E-state index is 0.0270. The number of nitrogens with zero attached hydrogens (tertiary/aromatic N) is 4. The van der Waals surface area contributed by atoms with Crippen LogP contribution in [-0.2, 0) is 4.79 Å². The summed E-state index contributed by atoms with van der Waals surface area (Å²) in [5.41, 5.74) is 5.84. The normalized spacial score (nSPS) is 18.3. The van der Waals surface area contributed by atoms with E-state index in [1.807, 2.05) is 37.4 Å². The molecule has 3 heterocycles. The highest BCUT2D eigenvalue weighted by molar-refractivity contribution is 5.95. The molecule has 0 saturated carbocycles. The lowest BCUT2D eigenvalue weighted by Gasteiger charge is -2.35. The molecule has 0 unspecified atom stereocenters. The fourth-order valence-electron chi connectivity index (χ4n) is 4.85. The minimum Gasteiger partial charge on any atom is -0.369 e. The average molecular weight is 486 g/mol. The summed E-state index contributed by atoms with van der Waals surface area (Å²) < 4.78 is 0. The summed E-state index contributed by atoms with van der Waals surface area (Å²) in [6, 6.07) is 16.2. The molecule has 2 fully saturated rings. The molecule has 1 amide bonds. The summed E-state index contributed by atoms with van der Waals surface area (Å²) in [6.45, 7) is 10.6. The molecule has 0 bridgehead atoms. The second-order valence-corrected chi connectivity index (χ2v) is 9.53. The van der Waals surface area contributed by atoms with Gasteiger partial charge >= 0.3 is 0 Å². The number of aryl methyl sites for hydroxylation is 1. The van der Waals surface area contributed by atoms with Gasteiger partial charge in [-0.25, -0.2) is 9.97 Å². The molecule has 8 nitrogen and oxygen atoms in total. The van der Waals surface area contributed by atoms with Gasteiger partial charge in [-0.15, -0.1) is 0 Å². The highest BCUT2D eigenvalue weighted by Gasteiger charge is 2.22. The number of carbonyl (C=O) groups is 1. The molecule has 0 radical (unpaired) electrons. The van der Waals surface area contributed by atoms with Gasteiger partial charge in [-0.05, 0) is 74.8 Å². The average Bonchev–Trinajstić information content (AvgIpc) is 3.46. The van der Waals surface area contributed by atoms with E-state index in [1.165, 1.54) is 5.69 Å². The van der Waals surface area contributed by atoms with Crippen LogP contribution in [0.25, 0.3) is 11.3 Å². The van der Waals surface area contributed by atoms with Crippen LogP contribution in [0, 0.1) is 6.92 Å².